The van der Waals surface area contributed by atoms with Crippen molar-refractivity contribution in [3.05, 3.63) is 58.9 Å². The van der Waals surface area contributed by atoms with Gasteiger partial charge in [0.25, 0.3) is 0 Å². The van der Waals surface area contributed by atoms with Crippen molar-refractivity contribution in [1.29, 1.82) is 0 Å². The molecule has 0 unspecified atom stereocenters. The molecule has 2 aromatic heterocycles. The lowest BCUT2D eigenvalue weighted by molar-refractivity contribution is 0.337. The summed E-state index contributed by atoms with van der Waals surface area (Å²) in [7, 11) is 0. The van der Waals surface area contributed by atoms with Gasteiger partial charge in [-0.3, -0.25) is 0 Å². The second-order valence-electron chi connectivity index (χ2n) is 4.61. The highest BCUT2D eigenvalue weighted by Crippen LogP contribution is 2.26. The molecule has 6 heteroatoms. The largest absolute Gasteiger partial charge is 0.479 e. The van der Waals surface area contributed by atoms with E-state index < -0.39 is 0 Å². The molecule has 0 saturated heterocycles. The quantitative estimate of drug-likeness (QED) is 0.737. The minimum Gasteiger partial charge on any atom is -0.479 e. The van der Waals surface area contributed by atoms with Crippen LogP contribution in [0.3, 0.4) is 0 Å². The van der Waals surface area contributed by atoms with Gasteiger partial charge in [0.1, 0.15) is 0 Å². The number of halogens is 1. The summed E-state index contributed by atoms with van der Waals surface area (Å²) in [5.74, 6) is 0.546. The number of rotatable bonds is 3. The summed E-state index contributed by atoms with van der Waals surface area (Å²) in [6.07, 6.45) is 1.42. The Hall–Kier alpha value is -2.66. The van der Waals surface area contributed by atoms with Gasteiger partial charge in [0.05, 0.1) is 6.21 Å². The number of aliphatic imine (C=N–C) groups is 1. The molecule has 1 aromatic carbocycles. The van der Waals surface area contributed by atoms with Crippen LogP contribution in [0, 0.1) is 6.92 Å². The van der Waals surface area contributed by atoms with Gasteiger partial charge in [-0.15, -0.1) is 0 Å². The first kappa shape index (κ1) is 14.3. The number of nitrogens with zero attached hydrogens (tertiary/aromatic N) is 3. The van der Waals surface area contributed by atoms with Crippen molar-refractivity contribution in [3.63, 3.8) is 0 Å². The van der Waals surface area contributed by atoms with Crippen LogP contribution in [0.1, 0.15) is 11.4 Å². The maximum Gasteiger partial charge on any atom is 0.312 e. The highest BCUT2D eigenvalue weighted by molar-refractivity contribution is 6.30. The fourth-order valence-corrected chi connectivity index (χ4v) is 1.98. The van der Waals surface area contributed by atoms with Crippen LogP contribution in [0.2, 0.25) is 5.02 Å². The average molecular weight is 314 g/mol. The van der Waals surface area contributed by atoms with E-state index in [1.165, 1.54) is 6.21 Å². The van der Waals surface area contributed by atoms with Crippen molar-refractivity contribution in [3.8, 4) is 17.4 Å². The number of hydrogen-bond acceptors (Lipinski definition) is 5. The Kier molecular flexibility index (Phi) is 3.89. The van der Waals surface area contributed by atoms with Crippen molar-refractivity contribution in [2.75, 3.05) is 0 Å². The average Bonchev–Trinajstić information content (AvgIpc) is 2.87. The maximum absolute atomic E-state index is 9.81. The first-order valence-electron chi connectivity index (χ1n) is 6.55. The molecule has 3 rings (SSSR count). The molecule has 0 spiro atoms. The van der Waals surface area contributed by atoms with Crippen LogP contribution in [0.5, 0.6) is 5.95 Å². The molecule has 0 saturated carbocycles. The van der Waals surface area contributed by atoms with E-state index >= 15 is 0 Å². The summed E-state index contributed by atoms with van der Waals surface area (Å²) in [5.41, 5.74) is 1.82. The molecule has 0 amide bonds. The molecule has 5 nitrogen and oxygen atoms in total. The first-order valence-corrected chi connectivity index (χ1v) is 6.93. The molecule has 0 radical (unpaired) electrons. The van der Waals surface area contributed by atoms with Crippen LogP contribution >= 0.6 is 11.6 Å². The van der Waals surface area contributed by atoms with Gasteiger partial charge in [-0.1, -0.05) is 17.7 Å². The molecule has 3 aromatic rings. The van der Waals surface area contributed by atoms with Gasteiger partial charge >= 0.3 is 5.95 Å². The van der Waals surface area contributed by atoms with Crippen LogP contribution in [-0.4, -0.2) is 21.3 Å². The lowest BCUT2D eigenvalue weighted by Gasteiger charge is -1.94. The SMILES string of the molecule is Cc1cccc(/N=C/c2nc(-c3ccc(Cl)cc3)oc2O)n1. The highest BCUT2D eigenvalue weighted by atomic mass is 35.5. The Balaban J connectivity index is 1.88. The molecule has 0 aliphatic heterocycles. The zero-order chi connectivity index (χ0) is 15.5. The number of aryl methyl sites for hydroxylation is 1. The fourth-order valence-electron chi connectivity index (χ4n) is 1.85. The fraction of sp³-hybridized carbons (Fsp3) is 0.0625. The molecule has 0 fully saturated rings. The van der Waals surface area contributed by atoms with Gasteiger partial charge in [0.2, 0.25) is 5.89 Å². The minimum atomic E-state index is -0.290. The van der Waals surface area contributed by atoms with Crippen LogP contribution in [-0.2, 0) is 0 Å². The number of hydrogen-bond donors (Lipinski definition) is 1. The van der Waals surface area contributed by atoms with E-state index in [-0.39, 0.29) is 11.6 Å². The summed E-state index contributed by atoms with van der Waals surface area (Å²) in [4.78, 5) is 12.6. The lowest BCUT2D eigenvalue weighted by Crippen LogP contribution is -1.84. The Morgan fingerprint density at radius 2 is 1.91 bits per heavy atom. The van der Waals surface area contributed by atoms with E-state index in [1.807, 2.05) is 19.1 Å². The molecule has 1 N–H and O–H groups in total. The highest BCUT2D eigenvalue weighted by Gasteiger charge is 2.12. The molecule has 110 valence electrons. The molecule has 0 aliphatic carbocycles. The minimum absolute atomic E-state index is 0.244. The zero-order valence-corrected chi connectivity index (χ0v) is 12.4. The van der Waals surface area contributed by atoms with Crippen molar-refractivity contribution in [2.24, 2.45) is 4.99 Å². The van der Waals surface area contributed by atoms with Crippen molar-refractivity contribution in [2.45, 2.75) is 6.92 Å². The van der Waals surface area contributed by atoms with Gasteiger partial charge in [-0.2, -0.15) is 0 Å². The van der Waals surface area contributed by atoms with Crippen LogP contribution in [0.15, 0.2) is 51.9 Å². The maximum atomic E-state index is 9.81. The molecule has 0 atom stereocenters. The summed E-state index contributed by atoms with van der Waals surface area (Å²) in [6.45, 7) is 1.88. The normalized spacial score (nSPS) is 11.2. The van der Waals surface area contributed by atoms with Gasteiger partial charge in [-0.25, -0.2) is 15.0 Å². The zero-order valence-electron chi connectivity index (χ0n) is 11.7. The Morgan fingerprint density at radius 3 is 2.64 bits per heavy atom. The predicted octanol–water partition coefficient (Wildman–Crippen LogP) is 4.15. The summed E-state index contributed by atoms with van der Waals surface area (Å²) in [5, 5.41) is 10.4. The molecular weight excluding hydrogens is 302 g/mol. The molecule has 2 heterocycles. The van der Waals surface area contributed by atoms with Crippen LogP contribution < -0.4 is 0 Å². The number of aromatic nitrogens is 2. The lowest BCUT2D eigenvalue weighted by atomic mass is 10.2. The Labute approximate surface area is 132 Å². The molecule has 0 aliphatic rings. The molecule has 22 heavy (non-hydrogen) atoms. The van der Waals surface area contributed by atoms with Crippen LogP contribution in [0.25, 0.3) is 11.5 Å². The smallest absolute Gasteiger partial charge is 0.312 e. The molecular formula is C16H12ClN3O2. The van der Waals surface area contributed by atoms with E-state index in [0.717, 1.165) is 5.69 Å². The second-order valence-corrected chi connectivity index (χ2v) is 5.05. The van der Waals surface area contributed by atoms with Gasteiger partial charge in [0.15, 0.2) is 11.5 Å². The van der Waals surface area contributed by atoms with Crippen LogP contribution in [0.4, 0.5) is 5.82 Å². The standard InChI is InChI=1S/C16H12ClN3O2/c1-10-3-2-4-14(19-10)18-9-13-16(21)22-15(20-13)11-5-7-12(17)8-6-11/h2-9,21H,1H3/b18-9+. The van der Waals surface area contributed by atoms with E-state index in [9.17, 15) is 5.11 Å². The van der Waals surface area contributed by atoms with E-state index in [0.29, 0.717) is 22.3 Å². The summed E-state index contributed by atoms with van der Waals surface area (Å²) >= 11 is 5.84. The monoisotopic (exact) mass is 313 g/mol. The number of pyridine rings is 1. The number of benzene rings is 1. The third-order valence-corrected chi connectivity index (χ3v) is 3.17. The van der Waals surface area contributed by atoms with E-state index in [4.69, 9.17) is 16.0 Å². The topological polar surface area (TPSA) is 71.5 Å². The van der Waals surface area contributed by atoms with Gasteiger partial charge in [0, 0.05) is 16.3 Å². The van der Waals surface area contributed by atoms with Crippen molar-refractivity contribution >= 4 is 23.6 Å². The predicted molar refractivity (Wildman–Crippen MR) is 84.8 cm³/mol. The Bertz CT molecular complexity index is 826. The Morgan fingerprint density at radius 1 is 1.14 bits per heavy atom. The van der Waals surface area contributed by atoms with Crippen molar-refractivity contribution < 1.29 is 9.52 Å². The molecule has 0 bridgehead atoms. The summed E-state index contributed by atoms with van der Waals surface area (Å²) < 4.78 is 5.24. The number of aromatic hydroxyl groups is 1. The third-order valence-electron chi connectivity index (χ3n) is 2.92. The van der Waals surface area contributed by atoms with E-state index in [1.54, 1.807) is 30.3 Å². The second kappa shape index (κ2) is 5.99. The van der Waals surface area contributed by atoms with Gasteiger partial charge in [-0.05, 0) is 43.3 Å². The van der Waals surface area contributed by atoms with Crippen molar-refractivity contribution in [1.82, 2.24) is 9.97 Å². The van der Waals surface area contributed by atoms with E-state index in [2.05, 4.69) is 15.0 Å². The first-order chi connectivity index (χ1) is 10.6. The van der Waals surface area contributed by atoms with Gasteiger partial charge < -0.3 is 9.52 Å². The summed E-state index contributed by atoms with van der Waals surface area (Å²) in [6, 6.07) is 12.5. The number of oxazole rings is 1. The third kappa shape index (κ3) is 3.15.